The largest absolute Gasteiger partial charge is 0.392 e. The predicted octanol–water partition coefficient (Wildman–Crippen LogP) is 5.40. The molecule has 0 amide bonds. The molecule has 4 aromatic rings. The Hall–Kier alpha value is -4.15. The van der Waals surface area contributed by atoms with E-state index in [1.165, 1.54) is 0 Å². The number of fused-ring (bicyclic) bond motifs is 5. The molecule has 0 radical (unpaired) electrons. The normalized spacial score (nSPS) is 24.5. The highest BCUT2D eigenvalue weighted by Crippen LogP contribution is 2.70. The number of carbonyl (C=O) groups excluding carboxylic acids is 3. The lowest BCUT2D eigenvalue weighted by Crippen LogP contribution is -2.57. The summed E-state index contributed by atoms with van der Waals surface area (Å²) in [4.78, 5) is 43.8. The van der Waals surface area contributed by atoms with E-state index in [4.69, 9.17) is 0 Å². The highest BCUT2D eigenvalue weighted by molar-refractivity contribution is 6.29. The number of hydrogen-bond acceptors (Lipinski definition) is 4. The first kappa shape index (κ1) is 22.3. The maximum absolute atomic E-state index is 14.8. The van der Waals surface area contributed by atoms with E-state index in [0.29, 0.717) is 33.4 Å². The minimum Gasteiger partial charge on any atom is -0.392 e. The molecule has 0 aromatic heterocycles. The quantitative estimate of drug-likeness (QED) is 0.312. The smallest absolute Gasteiger partial charge is 0.179 e. The lowest BCUT2D eigenvalue weighted by Gasteiger charge is -2.44. The zero-order chi connectivity index (χ0) is 25.1. The Morgan fingerprint density at radius 3 is 1.89 bits per heavy atom. The summed E-state index contributed by atoms with van der Waals surface area (Å²) in [6, 6.07) is 31.8. The van der Waals surface area contributed by atoms with Crippen molar-refractivity contribution >= 4 is 17.3 Å². The van der Waals surface area contributed by atoms with Crippen LogP contribution in [0, 0.1) is 5.41 Å². The van der Waals surface area contributed by atoms with Crippen LogP contribution in [0.2, 0.25) is 0 Å². The van der Waals surface area contributed by atoms with E-state index in [1.807, 2.05) is 42.5 Å². The van der Waals surface area contributed by atoms with Gasteiger partial charge in [0.2, 0.25) is 0 Å². The van der Waals surface area contributed by atoms with Crippen LogP contribution >= 0.6 is 0 Å². The van der Waals surface area contributed by atoms with Gasteiger partial charge in [0.15, 0.2) is 17.3 Å². The van der Waals surface area contributed by atoms with Gasteiger partial charge in [0.25, 0.3) is 0 Å². The van der Waals surface area contributed by atoms with E-state index in [0.717, 1.165) is 0 Å². The average Bonchev–Trinajstić information content (AvgIpc) is 3.34. The molecule has 0 saturated carbocycles. The van der Waals surface area contributed by atoms with E-state index < -0.39 is 34.4 Å². The van der Waals surface area contributed by atoms with Crippen LogP contribution < -0.4 is 0 Å². The van der Waals surface area contributed by atoms with Crippen LogP contribution in [-0.4, -0.2) is 28.6 Å². The van der Waals surface area contributed by atoms with Crippen LogP contribution in [0.1, 0.15) is 60.6 Å². The Kier molecular flexibility index (Phi) is 4.92. The first-order valence-electron chi connectivity index (χ1n) is 12.1. The molecule has 4 aromatic carbocycles. The van der Waals surface area contributed by atoms with Gasteiger partial charge in [-0.05, 0) is 23.6 Å². The van der Waals surface area contributed by atoms with Gasteiger partial charge in [-0.1, -0.05) is 109 Å². The predicted molar refractivity (Wildman–Crippen MR) is 136 cm³/mol. The summed E-state index contributed by atoms with van der Waals surface area (Å²) >= 11 is 0. The molecule has 6 rings (SSSR count). The molecule has 2 aliphatic rings. The molecule has 4 atom stereocenters. The molecule has 1 N–H and O–H groups in total. The van der Waals surface area contributed by atoms with E-state index >= 15 is 0 Å². The summed E-state index contributed by atoms with van der Waals surface area (Å²) in [5, 5.41) is 11.6. The number of Topliss-reactive ketones (excluding diaryl/α,β-unsaturated/α-hetero) is 3. The second kappa shape index (κ2) is 7.94. The van der Waals surface area contributed by atoms with Crippen molar-refractivity contribution in [2.45, 2.75) is 24.4 Å². The molecule has 36 heavy (non-hydrogen) atoms. The topological polar surface area (TPSA) is 71.4 Å². The fourth-order valence-electron chi connectivity index (χ4n) is 6.80. The molecule has 176 valence electrons. The number of ketones is 3. The Balaban J connectivity index is 1.78. The second-order valence-electron chi connectivity index (χ2n) is 9.61. The van der Waals surface area contributed by atoms with Gasteiger partial charge in [-0.3, -0.25) is 14.4 Å². The Bertz CT molecular complexity index is 1520. The Labute approximate surface area is 209 Å². The summed E-state index contributed by atoms with van der Waals surface area (Å²) in [6.45, 7) is 1.62. The molecule has 0 fully saturated rings. The van der Waals surface area contributed by atoms with Gasteiger partial charge < -0.3 is 5.11 Å². The monoisotopic (exact) mass is 472 g/mol. The zero-order valence-electron chi connectivity index (χ0n) is 19.7. The molecule has 2 aliphatic carbocycles. The molecular weight excluding hydrogens is 448 g/mol. The van der Waals surface area contributed by atoms with Crippen LogP contribution in [0.5, 0.6) is 0 Å². The van der Waals surface area contributed by atoms with Crippen molar-refractivity contribution in [3.05, 3.63) is 143 Å². The van der Waals surface area contributed by atoms with Crippen LogP contribution in [-0.2, 0) is 5.41 Å². The van der Waals surface area contributed by atoms with Gasteiger partial charge in [-0.2, -0.15) is 0 Å². The fraction of sp³-hybridized carbons (Fsp3) is 0.156. The zero-order valence-corrected chi connectivity index (χ0v) is 19.7. The van der Waals surface area contributed by atoms with Gasteiger partial charge in [-0.15, -0.1) is 0 Å². The number of carbonyl (C=O) groups is 3. The van der Waals surface area contributed by atoms with Crippen LogP contribution in [0.3, 0.4) is 0 Å². The molecule has 4 nitrogen and oxygen atoms in total. The van der Waals surface area contributed by atoms with Crippen molar-refractivity contribution in [1.29, 1.82) is 0 Å². The standard InChI is InChI=1S/C32H24O4/c1-20(33)31-25-18-10-8-16-23(25)27(28(34)21-12-4-2-5-13-21)32(31,29(35)22-14-6-3-7-15-22)30(36)24-17-9-11-19-26(24)31/h2-20,27,33H,1H3/t20?,27-,31+,32+/m1/s1. The first-order valence-corrected chi connectivity index (χ1v) is 12.1. The third-order valence-electron chi connectivity index (χ3n) is 8.05. The van der Waals surface area contributed by atoms with Gasteiger partial charge in [-0.25, -0.2) is 0 Å². The molecule has 1 unspecified atom stereocenters. The summed E-state index contributed by atoms with van der Waals surface area (Å²) < 4.78 is 0. The van der Waals surface area contributed by atoms with Crippen LogP contribution in [0.4, 0.5) is 0 Å². The molecule has 0 bridgehead atoms. The number of hydrogen-bond donors (Lipinski definition) is 1. The van der Waals surface area contributed by atoms with Crippen molar-refractivity contribution in [2.75, 3.05) is 0 Å². The summed E-state index contributed by atoms with van der Waals surface area (Å²) in [5.41, 5.74) is -0.309. The Morgan fingerprint density at radius 1 is 0.722 bits per heavy atom. The average molecular weight is 473 g/mol. The molecule has 0 heterocycles. The minimum absolute atomic E-state index is 0.309. The van der Waals surface area contributed by atoms with E-state index in [-0.39, 0.29) is 5.78 Å². The maximum atomic E-state index is 14.8. The first-order chi connectivity index (χ1) is 17.5. The van der Waals surface area contributed by atoms with E-state index in [2.05, 4.69) is 0 Å². The lowest BCUT2D eigenvalue weighted by molar-refractivity contribution is 0.0255. The Morgan fingerprint density at radius 2 is 1.25 bits per heavy atom. The summed E-state index contributed by atoms with van der Waals surface area (Å²) in [7, 11) is 0. The minimum atomic E-state index is -1.87. The van der Waals surface area contributed by atoms with Crippen molar-refractivity contribution < 1.29 is 19.5 Å². The molecule has 0 spiro atoms. The molecular formula is C32H24O4. The van der Waals surface area contributed by atoms with E-state index in [1.54, 1.807) is 73.7 Å². The van der Waals surface area contributed by atoms with Crippen molar-refractivity contribution in [2.24, 2.45) is 5.41 Å². The number of benzene rings is 4. The van der Waals surface area contributed by atoms with Crippen molar-refractivity contribution in [3.8, 4) is 0 Å². The van der Waals surface area contributed by atoms with Gasteiger partial charge in [0.05, 0.1) is 17.4 Å². The number of aliphatic hydroxyl groups is 1. The van der Waals surface area contributed by atoms with Gasteiger partial charge in [0, 0.05) is 16.7 Å². The van der Waals surface area contributed by atoms with Crippen LogP contribution in [0.25, 0.3) is 0 Å². The second-order valence-corrected chi connectivity index (χ2v) is 9.61. The van der Waals surface area contributed by atoms with Crippen LogP contribution in [0.15, 0.2) is 109 Å². The third kappa shape index (κ3) is 2.54. The summed E-state index contributed by atoms with van der Waals surface area (Å²) in [6.07, 6.45) is -1.13. The molecule has 4 heteroatoms. The highest BCUT2D eigenvalue weighted by Gasteiger charge is 2.77. The van der Waals surface area contributed by atoms with Gasteiger partial charge in [0.1, 0.15) is 5.41 Å². The summed E-state index contributed by atoms with van der Waals surface area (Å²) in [5.74, 6) is -2.27. The third-order valence-corrected chi connectivity index (χ3v) is 8.05. The van der Waals surface area contributed by atoms with Gasteiger partial charge >= 0.3 is 0 Å². The van der Waals surface area contributed by atoms with E-state index in [9.17, 15) is 19.5 Å². The highest BCUT2D eigenvalue weighted by atomic mass is 16.3. The molecule has 0 saturated heterocycles. The fourth-order valence-corrected chi connectivity index (χ4v) is 6.80. The SMILES string of the molecule is CC(O)[C@]12c3ccccc3C(=O)[C@@]1(C(=O)c1ccccc1)[C@@H](C(=O)c1ccccc1)c1ccccc12. The van der Waals surface area contributed by atoms with Crippen molar-refractivity contribution in [3.63, 3.8) is 0 Å². The number of aliphatic hydroxyl groups excluding tert-OH is 1. The number of rotatable bonds is 5. The lowest BCUT2D eigenvalue weighted by atomic mass is 9.54. The molecule has 0 aliphatic heterocycles. The maximum Gasteiger partial charge on any atom is 0.179 e. The van der Waals surface area contributed by atoms with Crippen molar-refractivity contribution in [1.82, 2.24) is 0 Å².